The second kappa shape index (κ2) is 7.57. The van der Waals surface area contributed by atoms with Crippen LogP contribution in [-0.4, -0.2) is 55.1 Å². The molecule has 0 aromatic carbocycles. The lowest BCUT2D eigenvalue weighted by Crippen LogP contribution is -2.66. The van der Waals surface area contributed by atoms with Crippen LogP contribution < -0.4 is 10.6 Å². The first kappa shape index (κ1) is 22.8. The van der Waals surface area contributed by atoms with Gasteiger partial charge < -0.3 is 15.4 Å². The second-order valence-corrected chi connectivity index (χ2v) is 10.7. The van der Waals surface area contributed by atoms with Gasteiger partial charge in [-0.2, -0.15) is 13.2 Å². The summed E-state index contributed by atoms with van der Waals surface area (Å²) in [5, 5.41) is 12.1. The van der Waals surface area contributed by atoms with E-state index in [0.29, 0.717) is 0 Å². The van der Waals surface area contributed by atoms with Gasteiger partial charge in [0.25, 0.3) is 5.91 Å². The molecular formula is C17H15ClF3N5O4S2. The molecule has 0 aliphatic carbocycles. The van der Waals surface area contributed by atoms with Crippen LogP contribution in [0.3, 0.4) is 0 Å². The minimum atomic E-state index is -4.67. The molecule has 2 aliphatic rings. The summed E-state index contributed by atoms with van der Waals surface area (Å²) in [5.74, 6) is -1.46. The third-order valence-electron chi connectivity index (χ3n) is 5.14. The zero-order valence-electron chi connectivity index (χ0n) is 16.2. The molecule has 172 valence electrons. The Labute approximate surface area is 189 Å². The van der Waals surface area contributed by atoms with E-state index < -0.39 is 38.6 Å². The summed E-state index contributed by atoms with van der Waals surface area (Å²) in [6.45, 7) is -0.250. The monoisotopic (exact) mass is 509 g/mol. The number of fused-ring (bicyclic) bond motifs is 1. The number of carbonyl (C=O) groups is 1. The van der Waals surface area contributed by atoms with Crippen molar-refractivity contribution < 1.29 is 31.1 Å². The fourth-order valence-electron chi connectivity index (χ4n) is 3.52. The Hall–Kier alpha value is -2.42. The van der Waals surface area contributed by atoms with Crippen molar-refractivity contribution in [2.45, 2.75) is 17.0 Å². The normalized spacial score (nSPS) is 24.7. The molecule has 1 amide bonds. The number of pyridine rings is 1. The highest BCUT2D eigenvalue weighted by Crippen LogP contribution is 2.45. The number of amides is 1. The van der Waals surface area contributed by atoms with Gasteiger partial charge in [-0.1, -0.05) is 17.7 Å². The fourth-order valence-corrected chi connectivity index (χ4v) is 6.89. The third-order valence-corrected chi connectivity index (χ3v) is 9.07. The molecular weight excluding hydrogens is 495 g/mol. The molecule has 4 rings (SSSR count). The molecule has 2 fully saturated rings. The number of rotatable bonds is 3. The number of halogens is 4. The summed E-state index contributed by atoms with van der Waals surface area (Å²) in [5.41, 5.74) is -2.54. The summed E-state index contributed by atoms with van der Waals surface area (Å²) in [4.78, 5) is 16.3. The standard InChI is InChI=1S/C17H15ClF3N5O4S2/c1-26-15(22)25-16(7-30-6-11(16)32(26,28)29)13-8(18)5-9(31-13)14(27)24-12-4-2-3-10(23-12)17(19,20)21/h2-5,11H,6-7H2,1H3,(H2,22,25)(H,23,24,27)/t11?,16-/m0/s1. The highest BCUT2D eigenvalue weighted by Gasteiger charge is 2.59. The predicted octanol–water partition coefficient (Wildman–Crippen LogP) is 2.46. The van der Waals surface area contributed by atoms with Crippen molar-refractivity contribution in [1.82, 2.24) is 14.6 Å². The van der Waals surface area contributed by atoms with Gasteiger partial charge in [0.05, 0.1) is 28.0 Å². The smallest absolute Gasteiger partial charge is 0.377 e. The largest absolute Gasteiger partial charge is 0.433 e. The number of alkyl halides is 3. The zero-order chi connectivity index (χ0) is 23.5. The molecule has 3 N–H and O–H groups in total. The third kappa shape index (κ3) is 3.60. The molecule has 9 nitrogen and oxygen atoms in total. The van der Waals surface area contributed by atoms with Gasteiger partial charge in [0, 0.05) is 7.05 Å². The van der Waals surface area contributed by atoms with Crippen LogP contribution in [0.15, 0.2) is 24.3 Å². The predicted molar refractivity (Wildman–Crippen MR) is 110 cm³/mol. The molecule has 2 aromatic rings. The van der Waals surface area contributed by atoms with E-state index in [1.807, 2.05) is 0 Å². The van der Waals surface area contributed by atoms with Gasteiger partial charge in [-0.15, -0.1) is 11.3 Å². The molecule has 4 heterocycles. The van der Waals surface area contributed by atoms with Crippen molar-refractivity contribution >= 4 is 50.6 Å². The van der Waals surface area contributed by atoms with Crippen molar-refractivity contribution in [1.29, 1.82) is 5.41 Å². The topological polar surface area (TPSA) is 124 Å². The molecule has 15 heteroatoms. The Kier molecular flexibility index (Phi) is 5.39. The molecule has 2 atom stereocenters. The number of hydrogen-bond donors (Lipinski definition) is 3. The first-order valence-electron chi connectivity index (χ1n) is 8.94. The highest BCUT2D eigenvalue weighted by atomic mass is 35.5. The SMILES string of the molecule is CN1C(=N)N[C@@]2(c3sc(C(=O)Nc4cccc(C(F)(F)F)n4)cc3Cl)COCC2S1(=O)=O. The number of thiophene rings is 1. The van der Waals surface area contributed by atoms with E-state index in [9.17, 15) is 26.4 Å². The van der Waals surface area contributed by atoms with Crippen molar-refractivity contribution in [3.8, 4) is 0 Å². The van der Waals surface area contributed by atoms with Gasteiger partial charge in [0.15, 0.2) is 0 Å². The molecule has 2 aromatic heterocycles. The lowest BCUT2D eigenvalue weighted by molar-refractivity contribution is -0.141. The van der Waals surface area contributed by atoms with Crippen LogP contribution in [0, 0.1) is 5.41 Å². The summed E-state index contributed by atoms with van der Waals surface area (Å²) in [7, 11) is -2.70. The van der Waals surface area contributed by atoms with Crippen LogP contribution in [0.1, 0.15) is 20.2 Å². The molecule has 32 heavy (non-hydrogen) atoms. The number of sulfonamides is 1. The maximum absolute atomic E-state index is 12.9. The average Bonchev–Trinajstić information content (AvgIpc) is 3.31. The van der Waals surface area contributed by atoms with E-state index >= 15 is 0 Å². The zero-order valence-corrected chi connectivity index (χ0v) is 18.5. The van der Waals surface area contributed by atoms with Gasteiger partial charge in [-0.05, 0) is 18.2 Å². The molecule has 2 aliphatic heterocycles. The summed E-state index contributed by atoms with van der Waals surface area (Å²) >= 11 is 7.20. The van der Waals surface area contributed by atoms with Gasteiger partial charge in [-0.3, -0.25) is 10.2 Å². The summed E-state index contributed by atoms with van der Waals surface area (Å²) < 4.78 is 70.5. The van der Waals surface area contributed by atoms with Crippen molar-refractivity contribution in [3.05, 3.63) is 44.7 Å². The van der Waals surface area contributed by atoms with Gasteiger partial charge in [0.1, 0.15) is 22.3 Å². The van der Waals surface area contributed by atoms with Crippen LogP contribution in [0.4, 0.5) is 19.0 Å². The average molecular weight is 510 g/mol. The number of nitrogens with zero attached hydrogens (tertiary/aromatic N) is 2. The maximum Gasteiger partial charge on any atom is 0.433 e. The molecule has 1 unspecified atom stereocenters. The first-order valence-corrected chi connectivity index (χ1v) is 11.6. The number of anilines is 1. The fraction of sp³-hybridized carbons (Fsp3) is 0.353. The summed E-state index contributed by atoms with van der Waals surface area (Å²) in [6.07, 6.45) is -4.67. The summed E-state index contributed by atoms with van der Waals surface area (Å²) in [6, 6.07) is 4.37. The molecule has 0 bridgehead atoms. The van der Waals surface area contributed by atoms with Crippen molar-refractivity contribution in [2.24, 2.45) is 0 Å². The van der Waals surface area contributed by atoms with Crippen LogP contribution >= 0.6 is 22.9 Å². The van der Waals surface area contributed by atoms with E-state index in [2.05, 4.69) is 15.6 Å². The number of guanidine groups is 1. The molecule has 2 saturated heterocycles. The lowest BCUT2D eigenvalue weighted by Gasteiger charge is -2.42. The molecule has 0 spiro atoms. The maximum atomic E-state index is 12.9. The van der Waals surface area contributed by atoms with Crippen LogP contribution in [0.2, 0.25) is 5.02 Å². The molecule has 0 saturated carbocycles. The van der Waals surface area contributed by atoms with Crippen LogP contribution in [0.5, 0.6) is 0 Å². The Morgan fingerprint density at radius 2 is 2.19 bits per heavy atom. The number of ether oxygens (including phenoxy) is 1. The Morgan fingerprint density at radius 1 is 1.47 bits per heavy atom. The van der Waals surface area contributed by atoms with E-state index in [-0.39, 0.29) is 39.8 Å². The van der Waals surface area contributed by atoms with Gasteiger partial charge in [-0.25, -0.2) is 17.7 Å². The first-order chi connectivity index (χ1) is 14.9. The highest BCUT2D eigenvalue weighted by molar-refractivity contribution is 7.90. The van der Waals surface area contributed by atoms with Crippen molar-refractivity contribution in [2.75, 3.05) is 25.6 Å². The van der Waals surface area contributed by atoms with E-state index in [1.54, 1.807) is 0 Å². The minimum Gasteiger partial charge on any atom is -0.377 e. The number of hydrogen-bond acceptors (Lipinski definition) is 7. The number of nitrogens with one attached hydrogen (secondary N) is 3. The number of carbonyl (C=O) groups excluding carboxylic acids is 1. The van der Waals surface area contributed by atoms with Crippen molar-refractivity contribution in [3.63, 3.8) is 0 Å². The number of aromatic nitrogens is 1. The Balaban J connectivity index is 1.66. The van der Waals surface area contributed by atoms with Crippen LogP contribution in [0.25, 0.3) is 0 Å². The van der Waals surface area contributed by atoms with E-state index in [1.165, 1.54) is 19.2 Å². The van der Waals surface area contributed by atoms with Gasteiger partial charge >= 0.3 is 6.18 Å². The quantitative estimate of drug-likeness (QED) is 0.584. The Bertz CT molecular complexity index is 1220. The van der Waals surface area contributed by atoms with Crippen LogP contribution in [-0.2, 0) is 26.5 Å². The van der Waals surface area contributed by atoms with E-state index in [0.717, 1.165) is 27.8 Å². The second-order valence-electron chi connectivity index (χ2n) is 7.11. The molecule has 0 radical (unpaired) electrons. The van der Waals surface area contributed by atoms with E-state index in [4.69, 9.17) is 21.7 Å². The Morgan fingerprint density at radius 3 is 2.88 bits per heavy atom. The van der Waals surface area contributed by atoms with Gasteiger partial charge in [0.2, 0.25) is 16.0 Å². The lowest BCUT2D eigenvalue weighted by atomic mass is 9.95. The minimum absolute atomic E-state index is 0.0221.